The summed E-state index contributed by atoms with van der Waals surface area (Å²) in [5.41, 5.74) is 5.57. The van der Waals surface area contributed by atoms with Crippen LogP contribution in [0.5, 0.6) is 0 Å². The number of likely N-dealkylation sites (N-methyl/N-ethyl adjacent to an activating group) is 1. The molecule has 1 unspecified atom stereocenters. The summed E-state index contributed by atoms with van der Waals surface area (Å²) in [5.74, 6) is -1.59. The zero-order valence-electron chi connectivity index (χ0n) is 21.4. The molecule has 0 bridgehead atoms. The monoisotopic (exact) mass is 515 g/mol. The van der Waals surface area contributed by atoms with E-state index in [0.717, 1.165) is 34.4 Å². The number of aliphatic carboxylic acids is 1. The molecule has 0 saturated heterocycles. The summed E-state index contributed by atoms with van der Waals surface area (Å²) in [7, 11) is 1.95. The number of amides is 2. The number of benzene rings is 3. The Morgan fingerprint density at radius 1 is 0.921 bits per heavy atom. The molecule has 0 spiro atoms. The van der Waals surface area contributed by atoms with Gasteiger partial charge in [0.2, 0.25) is 5.91 Å². The van der Waals surface area contributed by atoms with Gasteiger partial charge in [0.05, 0.1) is 0 Å². The highest BCUT2D eigenvalue weighted by Crippen LogP contribution is 2.44. The average Bonchev–Trinajstić information content (AvgIpc) is 3.24. The number of carboxylic acid groups (broad SMARTS) is 1. The van der Waals surface area contributed by atoms with Crippen molar-refractivity contribution in [1.29, 1.82) is 0 Å². The minimum Gasteiger partial charge on any atom is -0.481 e. The Labute approximate surface area is 222 Å². The van der Waals surface area contributed by atoms with E-state index in [1.807, 2.05) is 73.8 Å². The Hall–Kier alpha value is -4.17. The maximum atomic E-state index is 12.8. The number of hydrogen-bond acceptors (Lipinski definition) is 5. The molecule has 0 aromatic heterocycles. The number of carbonyl (C=O) groups is 3. The number of nitrogens with one attached hydrogen (secondary N) is 2. The van der Waals surface area contributed by atoms with Crippen LogP contribution in [0.2, 0.25) is 0 Å². The molecule has 0 saturated carbocycles. The van der Waals surface area contributed by atoms with Crippen molar-refractivity contribution in [3.8, 4) is 11.1 Å². The van der Waals surface area contributed by atoms with Gasteiger partial charge in [0.1, 0.15) is 12.6 Å². The molecule has 0 radical (unpaired) electrons. The number of hydrogen-bond donors (Lipinski definition) is 3. The largest absolute Gasteiger partial charge is 0.481 e. The number of carboxylic acids is 1. The molecule has 1 aliphatic carbocycles. The second kappa shape index (κ2) is 12.9. The van der Waals surface area contributed by atoms with E-state index in [4.69, 9.17) is 9.84 Å². The fraction of sp³-hybridized carbons (Fsp3) is 0.300. The number of alkyl carbamates (subject to hydrolysis) is 1. The standard InChI is InChI=1S/C30H33N3O5/c1-33(19-21-9-3-2-4-10-21)18-17-31-29(36)27(15-16-28(34)35)32-30(37)38-20-26-24-13-7-5-11-22(24)23-12-6-8-14-25(23)26/h2-14,26-27H,15-20H2,1H3,(H,31,36)(H,32,37)(H,34,35). The first-order chi connectivity index (χ1) is 18.4. The summed E-state index contributed by atoms with van der Waals surface area (Å²) in [6, 6.07) is 25.0. The molecule has 8 heteroatoms. The topological polar surface area (TPSA) is 108 Å². The molecule has 0 fully saturated rings. The maximum absolute atomic E-state index is 12.8. The number of ether oxygens (including phenoxy) is 1. The lowest BCUT2D eigenvalue weighted by Crippen LogP contribution is -2.48. The molecule has 3 N–H and O–H groups in total. The summed E-state index contributed by atoms with van der Waals surface area (Å²) in [4.78, 5) is 38.7. The van der Waals surface area contributed by atoms with Gasteiger partial charge in [0, 0.05) is 32.0 Å². The fourth-order valence-corrected chi connectivity index (χ4v) is 4.79. The van der Waals surface area contributed by atoms with E-state index >= 15 is 0 Å². The highest BCUT2D eigenvalue weighted by Gasteiger charge is 2.30. The van der Waals surface area contributed by atoms with Gasteiger partial charge in [0.25, 0.3) is 0 Å². The van der Waals surface area contributed by atoms with Crippen molar-refractivity contribution in [2.45, 2.75) is 31.3 Å². The van der Waals surface area contributed by atoms with Crippen LogP contribution in [-0.4, -0.2) is 60.8 Å². The lowest BCUT2D eigenvalue weighted by molar-refractivity contribution is -0.137. The summed E-state index contributed by atoms with van der Waals surface area (Å²) in [6.45, 7) is 1.80. The van der Waals surface area contributed by atoms with Crippen LogP contribution in [-0.2, 0) is 20.9 Å². The molecule has 1 atom stereocenters. The second-order valence-corrected chi connectivity index (χ2v) is 9.47. The quantitative estimate of drug-likeness (QED) is 0.337. The van der Waals surface area contributed by atoms with Crippen LogP contribution in [0.15, 0.2) is 78.9 Å². The van der Waals surface area contributed by atoms with Crippen LogP contribution >= 0.6 is 0 Å². The first-order valence-electron chi connectivity index (χ1n) is 12.8. The molecule has 8 nitrogen and oxygen atoms in total. The maximum Gasteiger partial charge on any atom is 0.407 e. The number of rotatable bonds is 12. The first kappa shape index (κ1) is 26.9. The van der Waals surface area contributed by atoms with E-state index in [-0.39, 0.29) is 25.4 Å². The Morgan fingerprint density at radius 3 is 2.16 bits per heavy atom. The average molecular weight is 516 g/mol. The fourth-order valence-electron chi connectivity index (χ4n) is 4.79. The zero-order chi connectivity index (χ0) is 26.9. The van der Waals surface area contributed by atoms with Crippen LogP contribution in [0.4, 0.5) is 4.79 Å². The van der Waals surface area contributed by atoms with E-state index in [1.165, 1.54) is 0 Å². The summed E-state index contributed by atoms with van der Waals surface area (Å²) in [5, 5.41) is 14.5. The van der Waals surface area contributed by atoms with Crippen LogP contribution in [0.25, 0.3) is 11.1 Å². The van der Waals surface area contributed by atoms with Crippen LogP contribution in [0.1, 0.15) is 35.4 Å². The molecule has 0 aliphatic heterocycles. The van der Waals surface area contributed by atoms with E-state index in [1.54, 1.807) is 0 Å². The van der Waals surface area contributed by atoms with Crippen molar-refractivity contribution in [2.75, 3.05) is 26.7 Å². The third kappa shape index (κ3) is 6.98. The predicted octanol–water partition coefficient (Wildman–Crippen LogP) is 4.01. The number of carbonyl (C=O) groups excluding carboxylic acids is 2. The van der Waals surface area contributed by atoms with E-state index < -0.39 is 24.0 Å². The predicted molar refractivity (Wildman–Crippen MR) is 145 cm³/mol. The first-order valence-corrected chi connectivity index (χ1v) is 12.8. The van der Waals surface area contributed by atoms with Crippen LogP contribution in [0.3, 0.4) is 0 Å². The highest BCUT2D eigenvalue weighted by molar-refractivity contribution is 5.86. The lowest BCUT2D eigenvalue weighted by Gasteiger charge is -2.21. The van der Waals surface area contributed by atoms with Gasteiger partial charge in [-0.2, -0.15) is 0 Å². The molecular formula is C30H33N3O5. The van der Waals surface area contributed by atoms with Crippen LogP contribution < -0.4 is 10.6 Å². The van der Waals surface area contributed by atoms with E-state index in [2.05, 4.69) is 27.7 Å². The molecule has 198 valence electrons. The Bertz CT molecular complexity index is 1220. The van der Waals surface area contributed by atoms with Gasteiger partial charge in [-0.3, -0.25) is 9.59 Å². The SMILES string of the molecule is CN(CCNC(=O)C(CCC(=O)O)NC(=O)OCC1c2ccccc2-c2ccccc21)Cc1ccccc1. The van der Waals surface area contributed by atoms with Crippen molar-refractivity contribution in [3.05, 3.63) is 95.6 Å². The summed E-state index contributed by atoms with van der Waals surface area (Å²) >= 11 is 0. The smallest absolute Gasteiger partial charge is 0.407 e. The van der Waals surface area contributed by atoms with E-state index in [0.29, 0.717) is 13.1 Å². The third-order valence-corrected chi connectivity index (χ3v) is 6.69. The molecule has 4 rings (SSSR count). The Balaban J connectivity index is 1.30. The van der Waals surface area contributed by atoms with Crippen molar-refractivity contribution in [2.24, 2.45) is 0 Å². The summed E-state index contributed by atoms with van der Waals surface area (Å²) in [6.07, 6.45) is -1.04. The molecule has 3 aromatic carbocycles. The zero-order valence-corrected chi connectivity index (χ0v) is 21.4. The minimum atomic E-state index is -1.04. The molecule has 1 aliphatic rings. The highest BCUT2D eigenvalue weighted by atomic mass is 16.5. The van der Waals surface area contributed by atoms with Crippen molar-refractivity contribution < 1.29 is 24.2 Å². The Kier molecular flexibility index (Phi) is 9.11. The molecule has 38 heavy (non-hydrogen) atoms. The van der Waals surface area contributed by atoms with Gasteiger partial charge >= 0.3 is 12.1 Å². The normalized spacial score (nSPS) is 12.9. The third-order valence-electron chi connectivity index (χ3n) is 6.69. The molecule has 3 aromatic rings. The molecular weight excluding hydrogens is 482 g/mol. The second-order valence-electron chi connectivity index (χ2n) is 9.47. The van der Waals surface area contributed by atoms with Crippen molar-refractivity contribution >= 4 is 18.0 Å². The minimum absolute atomic E-state index is 0.0365. The summed E-state index contributed by atoms with van der Waals surface area (Å²) < 4.78 is 5.55. The van der Waals surface area contributed by atoms with Crippen molar-refractivity contribution in [1.82, 2.24) is 15.5 Å². The van der Waals surface area contributed by atoms with Gasteiger partial charge < -0.3 is 25.4 Å². The van der Waals surface area contributed by atoms with Crippen molar-refractivity contribution in [3.63, 3.8) is 0 Å². The van der Waals surface area contributed by atoms with Gasteiger partial charge in [-0.25, -0.2) is 4.79 Å². The number of fused-ring (bicyclic) bond motifs is 3. The molecule has 2 amide bonds. The van der Waals surface area contributed by atoms with Gasteiger partial charge in [0.15, 0.2) is 0 Å². The van der Waals surface area contributed by atoms with Gasteiger partial charge in [-0.15, -0.1) is 0 Å². The van der Waals surface area contributed by atoms with Crippen LogP contribution in [0, 0.1) is 0 Å². The van der Waals surface area contributed by atoms with Gasteiger partial charge in [-0.05, 0) is 41.3 Å². The number of nitrogens with zero attached hydrogens (tertiary/aromatic N) is 1. The Morgan fingerprint density at radius 2 is 1.53 bits per heavy atom. The van der Waals surface area contributed by atoms with E-state index in [9.17, 15) is 14.4 Å². The van der Waals surface area contributed by atoms with Gasteiger partial charge in [-0.1, -0.05) is 78.9 Å². The lowest BCUT2D eigenvalue weighted by atomic mass is 9.98. The molecule has 0 heterocycles.